The first kappa shape index (κ1) is 24.1. The van der Waals surface area contributed by atoms with Crippen molar-refractivity contribution in [3.8, 4) is 17.6 Å². The number of benzene rings is 2. The van der Waals surface area contributed by atoms with E-state index in [4.69, 9.17) is 0 Å². The summed E-state index contributed by atoms with van der Waals surface area (Å²) in [7, 11) is 0. The smallest absolute Gasteiger partial charge is 0.123 e. The number of phenolic OH excluding ortho intramolecular Hbond substituents is 1. The molecule has 0 aliphatic carbocycles. The molecule has 1 atom stereocenters. The van der Waals surface area contributed by atoms with Gasteiger partial charge in [0.25, 0.3) is 0 Å². The minimum absolute atomic E-state index is 0.0141. The van der Waals surface area contributed by atoms with E-state index in [0.717, 1.165) is 17.5 Å². The van der Waals surface area contributed by atoms with Crippen LogP contribution in [-0.2, 0) is 10.8 Å². The Kier molecular flexibility index (Phi) is 8.19. The Bertz CT molecular complexity index is 832. The Labute approximate surface area is 184 Å². The van der Waals surface area contributed by atoms with Crippen molar-refractivity contribution >= 4 is 0 Å². The Morgan fingerprint density at radius 3 is 1.87 bits per heavy atom. The fourth-order valence-corrected chi connectivity index (χ4v) is 3.79. The summed E-state index contributed by atoms with van der Waals surface area (Å²) in [6.07, 6.45) is 5.89. The van der Waals surface area contributed by atoms with Crippen LogP contribution in [0.4, 0.5) is 0 Å². The van der Waals surface area contributed by atoms with Crippen molar-refractivity contribution in [2.75, 3.05) is 0 Å². The van der Waals surface area contributed by atoms with E-state index in [2.05, 4.69) is 103 Å². The quantitative estimate of drug-likeness (QED) is 0.381. The van der Waals surface area contributed by atoms with Crippen LogP contribution in [0.3, 0.4) is 0 Å². The Morgan fingerprint density at radius 2 is 1.37 bits per heavy atom. The Morgan fingerprint density at radius 1 is 0.800 bits per heavy atom. The van der Waals surface area contributed by atoms with Gasteiger partial charge in [-0.3, -0.25) is 0 Å². The van der Waals surface area contributed by atoms with Gasteiger partial charge in [0, 0.05) is 6.42 Å². The summed E-state index contributed by atoms with van der Waals surface area (Å²) in [4.78, 5) is 0. The highest BCUT2D eigenvalue weighted by Gasteiger charge is 2.28. The molecule has 0 spiro atoms. The highest BCUT2D eigenvalue weighted by atomic mass is 16.3. The molecule has 0 aliphatic heterocycles. The van der Waals surface area contributed by atoms with Crippen LogP contribution in [0.2, 0.25) is 0 Å². The Hall–Kier alpha value is -2.20. The number of rotatable bonds is 6. The molecule has 0 aliphatic rings. The molecule has 2 rings (SSSR count). The third kappa shape index (κ3) is 6.40. The number of hydrogen-bond acceptors (Lipinski definition) is 1. The summed E-state index contributed by atoms with van der Waals surface area (Å²) >= 11 is 0. The molecule has 2 aromatic rings. The van der Waals surface area contributed by atoms with Crippen molar-refractivity contribution in [3.63, 3.8) is 0 Å². The first-order chi connectivity index (χ1) is 14.1. The number of aromatic hydroxyl groups is 1. The molecule has 0 saturated carbocycles. The fourth-order valence-electron chi connectivity index (χ4n) is 3.79. The molecule has 0 aromatic heterocycles. The van der Waals surface area contributed by atoms with Gasteiger partial charge in [0.05, 0.1) is 5.92 Å². The molecule has 0 saturated heterocycles. The average molecular weight is 405 g/mol. The van der Waals surface area contributed by atoms with E-state index < -0.39 is 0 Å². The first-order valence-corrected chi connectivity index (χ1v) is 11.5. The van der Waals surface area contributed by atoms with Crippen LogP contribution >= 0.6 is 0 Å². The molecule has 1 heteroatoms. The van der Waals surface area contributed by atoms with Crippen LogP contribution in [0.1, 0.15) is 109 Å². The van der Waals surface area contributed by atoms with Crippen LogP contribution in [0, 0.1) is 11.8 Å². The summed E-state index contributed by atoms with van der Waals surface area (Å²) in [6.45, 7) is 15.2. The summed E-state index contributed by atoms with van der Waals surface area (Å²) in [5, 5.41) is 11.1. The normalized spacial score (nSPS) is 12.9. The van der Waals surface area contributed by atoms with Gasteiger partial charge >= 0.3 is 0 Å². The molecular weight excluding hydrogens is 364 g/mol. The standard InChI is InChI=1S/C29H40O/c1-8-9-10-11-12-16-19-24(22-17-14-13-15-18-22)23-20-25(28(2,3)4)27(30)26(21-23)29(5,6)7/h13-15,17-18,20-21,24,30H,8-12H2,1-7H3. The van der Waals surface area contributed by atoms with Crippen molar-refractivity contribution in [2.24, 2.45) is 0 Å². The van der Waals surface area contributed by atoms with E-state index in [1.807, 2.05) is 0 Å². The zero-order valence-corrected chi connectivity index (χ0v) is 20.1. The van der Waals surface area contributed by atoms with Crippen LogP contribution in [0.15, 0.2) is 42.5 Å². The third-order valence-corrected chi connectivity index (χ3v) is 5.62. The highest BCUT2D eigenvalue weighted by Crippen LogP contribution is 2.42. The van der Waals surface area contributed by atoms with E-state index in [0.29, 0.717) is 5.75 Å². The second-order valence-electron chi connectivity index (χ2n) is 10.4. The van der Waals surface area contributed by atoms with Crippen molar-refractivity contribution < 1.29 is 5.11 Å². The van der Waals surface area contributed by atoms with Crippen molar-refractivity contribution in [1.29, 1.82) is 0 Å². The minimum Gasteiger partial charge on any atom is -0.507 e. The summed E-state index contributed by atoms with van der Waals surface area (Å²) < 4.78 is 0. The molecule has 0 amide bonds. The van der Waals surface area contributed by atoms with Gasteiger partial charge in [-0.25, -0.2) is 0 Å². The average Bonchev–Trinajstić information content (AvgIpc) is 2.67. The molecule has 1 nitrogen and oxygen atoms in total. The van der Waals surface area contributed by atoms with Gasteiger partial charge in [-0.2, -0.15) is 0 Å². The predicted octanol–water partition coefficient (Wildman–Crippen LogP) is 8.09. The minimum atomic E-state index is -0.144. The van der Waals surface area contributed by atoms with Crippen molar-refractivity contribution in [3.05, 3.63) is 64.7 Å². The van der Waals surface area contributed by atoms with Gasteiger partial charge in [0.2, 0.25) is 0 Å². The largest absolute Gasteiger partial charge is 0.507 e. The highest BCUT2D eigenvalue weighted by molar-refractivity contribution is 5.53. The number of phenols is 1. The number of unbranched alkanes of at least 4 members (excludes halogenated alkanes) is 4. The van der Waals surface area contributed by atoms with E-state index in [1.165, 1.54) is 36.8 Å². The third-order valence-electron chi connectivity index (χ3n) is 5.62. The molecule has 0 fully saturated rings. The molecule has 1 unspecified atom stereocenters. The maximum Gasteiger partial charge on any atom is 0.123 e. The second kappa shape index (κ2) is 10.2. The van der Waals surface area contributed by atoms with Gasteiger partial charge in [-0.1, -0.05) is 104 Å². The number of hydrogen-bond donors (Lipinski definition) is 1. The molecule has 0 radical (unpaired) electrons. The van der Waals surface area contributed by atoms with Crippen LogP contribution in [0.25, 0.3) is 0 Å². The molecule has 1 N–H and O–H groups in total. The Balaban J connectivity index is 2.56. The molecule has 162 valence electrons. The van der Waals surface area contributed by atoms with Gasteiger partial charge in [-0.05, 0) is 51.6 Å². The lowest BCUT2D eigenvalue weighted by Gasteiger charge is -2.29. The van der Waals surface area contributed by atoms with Gasteiger partial charge in [0.15, 0.2) is 0 Å². The van der Waals surface area contributed by atoms with E-state index in [9.17, 15) is 5.11 Å². The maximum atomic E-state index is 11.1. The fraction of sp³-hybridized carbons (Fsp3) is 0.517. The van der Waals surface area contributed by atoms with Gasteiger partial charge in [-0.15, -0.1) is 5.92 Å². The summed E-state index contributed by atoms with van der Waals surface area (Å²) in [6, 6.07) is 14.9. The predicted molar refractivity (Wildman–Crippen MR) is 130 cm³/mol. The zero-order valence-electron chi connectivity index (χ0n) is 20.1. The molecule has 0 bridgehead atoms. The first-order valence-electron chi connectivity index (χ1n) is 11.5. The topological polar surface area (TPSA) is 20.2 Å². The van der Waals surface area contributed by atoms with E-state index in [-0.39, 0.29) is 16.7 Å². The van der Waals surface area contributed by atoms with Crippen LogP contribution < -0.4 is 0 Å². The lowest BCUT2D eigenvalue weighted by Crippen LogP contribution is -2.18. The molecular formula is C29H40O. The van der Waals surface area contributed by atoms with Gasteiger partial charge < -0.3 is 5.11 Å². The lowest BCUT2D eigenvalue weighted by molar-refractivity contribution is 0.422. The van der Waals surface area contributed by atoms with E-state index in [1.54, 1.807) is 0 Å². The molecule has 0 heterocycles. The van der Waals surface area contributed by atoms with Crippen LogP contribution in [0.5, 0.6) is 5.75 Å². The van der Waals surface area contributed by atoms with Crippen LogP contribution in [-0.4, -0.2) is 5.11 Å². The lowest BCUT2D eigenvalue weighted by atomic mass is 9.76. The van der Waals surface area contributed by atoms with Gasteiger partial charge in [0.1, 0.15) is 5.75 Å². The molecule has 2 aromatic carbocycles. The zero-order chi connectivity index (χ0) is 22.4. The summed E-state index contributed by atoms with van der Waals surface area (Å²) in [5.41, 5.74) is 4.09. The van der Waals surface area contributed by atoms with Crippen molar-refractivity contribution in [2.45, 2.75) is 97.3 Å². The van der Waals surface area contributed by atoms with Crippen molar-refractivity contribution in [1.82, 2.24) is 0 Å². The SMILES string of the molecule is CCCCCCC#CC(c1ccccc1)c1cc(C(C)(C)C)c(O)c(C(C)(C)C)c1. The second-order valence-corrected chi connectivity index (χ2v) is 10.4. The summed E-state index contributed by atoms with van der Waals surface area (Å²) in [5.74, 6) is 7.48. The van der Waals surface area contributed by atoms with E-state index >= 15 is 0 Å². The molecule has 30 heavy (non-hydrogen) atoms. The monoisotopic (exact) mass is 404 g/mol. The maximum absolute atomic E-state index is 11.1.